The molecule has 1 atom stereocenters. The molecular weight excluding hydrogens is 432 g/mol. The predicted octanol–water partition coefficient (Wildman–Crippen LogP) is 4.15. The molecule has 0 bridgehead atoms. The number of nitrogens with two attached hydrogens (primary N) is 1. The minimum Gasteiger partial charge on any atom is -0.459 e. The number of aryl methyl sites for hydroxylation is 1. The van der Waals surface area contributed by atoms with Crippen LogP contribution in [0, 0.1) is 18.6 Å². The summed E-state index contributed by atoms with van der Waals surface area (Å²) in [5.74, 6) is -3.17. The van der Waals surface area contributed by atoms with Crippen molar-refractivity contribution in [3.8, 4) is 11.1 Å². The SMILES string of the molecule is Cc1cc(NC(=O)[C@@H](O)c2cc(F)cc(F)c2)ccc1-c1cnc(N)c(C(=O)OC(C)C)c1. The molecule has 0 aliphatic heterocycles. The summed E-state index contributed by atoms with van der Waals surface area (Å²) in [5.41, 5.74) is 8.20. The third-order valence-electron chi connectivity index (χ3n) is 4.74. The average Bonchev–Trinajstić information content (AvgIpc) is 2.72. The lowest BCUT2D eigenvalue weighted by atomic mass is 10.00. The van der Waals surface area contributed by atoms with Crippen molar-refractivity contribution in [3.05, 3.63) is 77.0 Å². The molecule has 0 radical (unpaired) electrons. The smallest absolute Gasteiger partial charge is 0.342 e. The molecule has 9 heteroatoms. The second-order valence-corrected chi connectivity index (χ2v) is 7.74. The molecule has 0 spiro atoms. The number of rotatable bonds is 6. The first kappa shape index (κ1) is 23.8. The van der Waals surface area contributed by atoms with E-state index in [0.29, 0.717) is 17.3 Å². The molecule has 3 rings (SSSR count). The topological polar surface area (TPSA) is 115 Å². The number of hydrogen-bond acceptors (Lipinski definition) is 6. The number of aliphatic hydroxyl groups excluding tert-OH is 1. The van der Waals surface area contributed by atoms with E-state index >= 15 is 0 Å². The van der Waals surface area contributed by atoms with Crippen molar-refractivity contribution in [3.63, 3.8) is 0 Å². The lowest BCUT2D eigenvalue weighted by molar-refractivity contribution is -0.124. The molecule has 3 aromatic rings. The first-order chi connectivity index (χ1) is 15.5. The third kappa shape index (κ3) is 5.69. The van der Waals surface area contributed by atoms with Gasteiger partial charge in [-0.05, 0) is 67.8 Å². The molecule has 7 nitrogen and oxygen atoms in total. The number of anilines is 2. The Morgan fingerprint density at radius 3 is 2.36 bits per heavy atom. The van der Waals surface area contributed by atoms with E-state index in [2.05, 4.69) is 10.3 Å². The summed E-state index contributed by atoms with van der Waals surface area (Å²) in [4.78, 5) is 28.7. The Morgan fingerprint density at radius 1 is 1.09 bits per heavy atom. The second kappa shape index (κ2) is 9.74. The number of carbonyl (C=O) groups is 2. The van der Waals surface area contributed by atoms with Crippen molar-refractivity contribution in [1.82, 2.24) is 4.98 Å². The molecule has 4 N–H and O–H groups in total. The normalized spacial score (nSPS) is 11.8. The van der Waals surface area contributed by atoms with Crippen LogP contribution in [0.1, 0.15) is 41.4 Å². The number of benzene rings is 2. The number of aromatic nitrogens is 1. The lowest BCUT2D eigenvalue weighted by Crippen LogP contribution is -2.21. The zero-order chi connectivity index (χ0) is 24.3. The van der Waals surface area contributed by atoms with Crippen LogP contribution in [0.15, 0.2) is 48.7 Å². The molecule has 172 valence electrons. The first-order valence-corrected chi connectivity index (χ1v) is 10.1. The number of hydrogen-bond donors (Lipinski definition) is 3. The van der Waals surface area contributed by atoms with Crippen molar-refractivity contribution in [2.45, 2.75) is 33.0 Å². The van der Waals surface area contributed by atoms with E-state index in [1.807, 2.05) is 0 Å². The number of pyridine rings is 1. The number of carbonyl (C=O) groups excluding carboxylic acids is 2. The minimum atomic E-state index is -1.76. The maximum Gasteiger partial charge on any atom is 0.342 e. The van der Waals surface area contributed by atoms with E-state index in [4.69, 9.17) is 10.5 Å². The van der Waals surface area contributed by atoms with Crippen LogP contribution in [0.2, 0.25) is 0 Å². The van der Waals surface area contributed by atoms with E-state index in [0.717, 1.165) is 23.3 Å². The summed E-state index contributed by atoms with van der Waals surface area (Å²) in [6.07, 6.45) is -0.556. The Balaban J connectivity index is 1.81. The highest BCUT2D eigenvalue weighted by atomic mass is 19.1. The fraction of sp³-hybridized carbons (Fsp3) is 0.208. The van der Waals surface area contributed by atoms with Gasteiger partial charge in [0.2, 0.25) is 0 Å². The molecule has 33 heavy (non-hydrogen) atoms. The standard InChI is InChI=1S/C24H23F2N3O4/c1-12(2)33-24(32)20-9-15(11-28-22(20)27)19-5-4-18(6-13(19)3)29-23(31)21(30)14-7-16(25)10-17(26)8-14/h4-12,21,30H,1-3H3,(H2,27,28)(H,29,31)/t21-/m0/s1. The highest BCUT2D eigenvalue weighted by molar-refractivity contribution is 5.96. The third-order valence-corrected chi connectivity index (χ3v) is 4.74. The van der Waals surface area contributed by atoms with E-state index in [9.17, 15) is 23.5 Å². The Kier molecular flexibility index (Phi) is 7.03. The van der Waals surface area contributed by atoms with E-state index in [1.54, 1.807) is 45.0 Å². The Morgan fingerprint density at radius 2 is 1.76 bits per heavy atom. The summed E-state index contributed by atoms with van der Waals surface area (Å²) in [5, 5.41) is 12.7. The minimum absolute atomic E-state index is 0.0497. The van der Waals surface area contributed by atoms with Gasteiger partial charge in [-0.2, -0.15) is 0 Å². The molecule has 1 aromatic heterocycles. The number of nitrogens with one attached hydrogen (secondary N) is 1. The van der Waals surface area contributed by atoms with Gasteiger partial charge in [-0.3, -0.25) is 4.79 Å². The molecule has 2 aromatic carbocycles. The van der Waals surface area contributed by atoms with Crippen molar-refractivity contribution >= 4 is 23.4 Å². The van der Waals surface area contributed by atoms with Crippen LogP contribution in [0.3, 0.4) is 0 Å². The van der Waals surface area contributed by atoms with Crippen molar-refractivity contribution in [2.24, 2.45) is 0 Å². The van der Waals surface area contributed by atoms with Gasteiger partial charge in [0.05, 0.1) is 6.10 Å². The number of amides is 1. The van der Waals surface area contributed by atoms with Crippen LogP contribution >= 0.6 is 0 Å². The monoisotopic (exact) mass is 455 g/mol. The van der Waals surface area contributed by atoms with Crippen LogP contribution in [0.4, 0.5) is 20.3 Å². The number of nitrogens with zero attached hydrogens (tertiary/aromatic N) is 1. The Hall–Kier alpha value is -3.85. The van der Waals surface area contributed by atoms with Gasteiger partial charge in [-0.1, -0.05) is 6.07 Å². The lowest BCUT2D eigenvalue weighted by Gasteiger charge is -2.14. The maximum atomic E-state index is 13.4. The van der Waals surface area contributed by atoms with E-state index in [-0.39, 0.29) is 23.0 Å². The van der Waals surface area contributed by atoms with Crippen molar-refractivity contribution in [1.29, 1.82) is 0 Å². The molecule has 1 amide bonds. The van der Waals surface area contributed by atoms with Gasteiger partial charge in [0.15, 0.2) is 6.10 Å². The number of ether oxygens (including phenoxy) is 1. The van der Waals surface area contributed by atoms with Gasteiger partial charge in [0, 0.05) is 23.5 Å². The molecule has 0 aliphatic rings. The van der Waals surface area contributed by atoms with Crippen LogP contribution in [0.5, 0.6) is 0 Å². The van der Waals surface area contributed by atoms with E-state index < -0.39 is 29.6 Å². The Labute approximate surface area is 189 Å². The molecule has 0 saturated carbocycles. The highest BCUT2D eigenvalue weighted by Crippen LogP contribution is 2.28. The number of nitrogen functional groups attached to an aromatic ring is 1. The fourth-order valence-corrected chi connectivity index (χ4v) is 3.22. The van der Waals surface area contributed by atoms with Crippen molar-refractivity contribution < 1.29 is 28.2 Å². The number of halogens is 2. The predicted molar refractivity (Wildman–Crippen MR) is 119 cm³/mol. The van der Waals surface area contributed by atoms with Crippen molar-refractivity contribution in [2.75, 3.05) is 11.1 Å². The fourth-order valence-electron chi connectivity index (χ4n) is 3.22. The quantitative estimate of drug-likeness (QED) is 0.481. The molecule has 0 saturated heterocycles. The summed E-state index contributed by atoms with van der Waals surface area (Å²) >= 11 is 0. The molecular formula is C24H23F2N3O4. The zero-order valence-electron chi connectivity index (χ0n) is 18.2. The molecule has 0 unspecified atom stereocenters. The maximum absolute atomic E-state index is 13.4. The first-order valence-electron chi connectivity index (χ1n) is 10.1. The summed E-state index contributed by atoms with van der Waals surface area (Å²) in [7, 11) is 0. The van der Waals surface area contributed by atoms with Gasteiger partial charge in [0.25, 0.3) is 5.91 Å². The van der Waals surface area contributed by atoms with Crippen LogP contribution in [-0.2, 0) is 9.53 Å². The second-order valence-electron chi connectivity index (χ2n) is 7.74. The van der Waals surface area contributed by atoms with Gasteiger partial charge in [-0.15, -0.1) is 0 Å². The molecule has 0 aliphatic carbocycles. The van der Waals surface area contributed by atoms with Gasteiger partial charge < -0.3 is 20.9 Å². The number of esters is 1. The summed E-state index contributed by atoms with van der Waals surface area (Å²) in [6, 6.07) is 8.93. The van der Waals surface area contributed by atoms with E-state index in [1.165, 1.54) is 6.20 Å². The van der Waals surface area contributed by atoms with Gasteiger partial charge >= 0.3 is 5.97 Å². The summed E-state index contributed by atoms with van der Waals surface area (Å²) < 4.78 is 32.0. The van der Waals surface area contributed by atoms with Gasteiger partial charge in [0.1, 0.15) is 23.0 Å². The number of aliphatic hydroxyl groups is 1. The highest BCUT2D eigenvalue weighted by Gasteiger charge is 2.20. The largest absolute Gasteiger partial charge is 0.459 e. The summed E-state index contributed by atoms with van der Waals surface area (Å²) in [6.45, 7) is 5.24. The van der Waals surface area contributed by atoms with Crippen LogP contribution in [0.25, 0.3) is 11.1 Å². The van der Waals surface area contributed by atoms with Crippen LogP contribution in [-0.4, -0.2) is 28.1 Å². The zero-order valence-corrected chi connectivity index (χ0v) is 18.2. The molecule has 0 fully saturated rings. The Bertz CT molecular complexity index is 1190. The van der Waals surface area contributed by atoms with Gasteiger partial charge in [-0.25, -0.2) is 18.6 Å². The average molecular weight is 455 g/mol. The van der Waals surface area contributed by atoms with Crippen LogP contribution < -0.4 is 11.1 Å². The molecule has 1 heterocycles.